The number of nitrogens with zero attached hydrogens (tertiary/aromatic N) is 1. The van der Waals surface area contributed by atoms with Crippen LogP contribution in [0.1, 0.15) is 57.1 Å². The van der Waals surface area contributed by atoms with Gasteiger partial charge in [-0.1, -0.05) is 28.8 Å². The Balaban J connectivity index is 1.94. The number of nitrogens with two attached hydrogens (primary N) is 1. The molecule has 0 aromatic heterocycles. The smallest absolute Gasteiger partial charge is 0.0417 e. The minimum atomic E-state index is 0.0893. The van der Waals surface area contributed by atoms with Crippen molar-refractivity contribution in [2.45, 2.75) is 57.5 Å². The summed E-state index contributed by atoms with van der Waals surface area (Å²) in [6.45, 7) is 3.29. The van der Waals surface area contributed by atoms with Crippen molar-refractivity contribution in [3.63, 3.8) is 0 Å². The van der Waals surface area contributed by atoms with E-state index in [9.17, 15) is 0 Å². The molecule has 1 aliphatic carbocycles. The van der Waals surface area contributed by atoms with E-state index in [0.29, 0.717) is 0 Å². The molecule has 3 atom stereocenters. The minimum Gasteiger partial charge on any atom is -0.368 e. The predicted octanol–water partition coefficient (Wildman–Crippen LogP) is 4.63. The molecule has 110 valence electrons. The maximum atomic E-state index is 6.21. The van der Waals surface area contributed by atoms with Gasteiger partial charge in [0.15, 0.2) is 0 Å². The Hall–Kier alpha value is -0.540. The highest BCUT2D eigenvalue weighted by Crippen LogP contribution is 2.40. The molecule has 20 heavy (non-hydrogen) atoms. The zero-order valence-corrected chi connectivity index (χ0v) is 13.9. The number of anilines is 1. The van der Waals surface area contributed by atoms with Crippen molar-refractivity contribution in [3.05, 3.63) is 28.2 Å². The lowest BCUT2D eigenvalue weighted by molar-refractivity contribution is 0.243. The highest BCUT2D eigenvalue weighted by molar-refractivity contribution is 9.10. The number of hydrogen-bond donors (Lipinski definition) is 1. The van der Waals surface area contributed by atoms with Gasteiger partial charge in [0.1, 0.15) is 0 Å². The van der Waals surface area contributed by atoms with Gasteiger partial charge in [-0.15, -0.1) is 0 Å². The van der Waals surface area contributed by atoms with E-state index in [1.165, 1.54) is 56.3 Å². The van der Waals surface area contributed by atoms with E-state index < -0.39 is 0 Å². The first-order valence-electron chi connectivity index (χ1n) is 7.98. The molecule has 3 rings (SSSR count). The number of fused-ring (bicyclic) bond motifs is 1. The first-order chi connectivity index (χ1) is 9.66. The van der Waals surface area contributed by atoms with Gasteiger partial charge in [-0.25, -0.2) is 0 Å². The Morgan fingerprint density at radius 3 is 2.75 bits per heavy atom. The number of hydrogen-bond acceptors (Lipinski definition) is 2. The summed E-state index contributed by atoms with van der Waals surface area (Å²) in [5.74, 6) is 0.905. The van der Waals surface area contributed by atoms with Gasteiger partial charge in [-0.2, -0.15) is 0 Å². The molecule has 3 unspecified atom stereocenters. The molecule has 1 saturated carbocycles. The van der Waals surface area contributed by atoms with Crippen molar-refractivity contribution < 1.29 is 0 Å². The fraction of sp³-hybridized carbons (Fsp3) is 0.647. The van der Waals surface area contributed by atoms with Crippen molar-refractivity contribution >= 4 is 21.6 Å². The summed E-state index contributed by atoms with van der Waals surface area (Å²) in [6, 6.07) is 7.46. The normalized spacial score (nSPS) is 28.1. The van der Waals surface area contributed by atoms with Crippen LogP contribution in [0.2, 0.25) is 0 Å². The van der Waals surface area contributed by atoms with Crippen molar-refractivity contribution in [1.29, 1.82) is 0 Å². The summed E-state index contributed by atoms with van der Waals surface area (Å²) in [6.07, 6.45) is 8.35. The topological polar surface area (TPSA) is 29.3 Å². The molecule has 0 bridgehead atoms. The number of halogens is 1. The Bertz CT molecular complexity index is 470. The average molecular weight is 337 g/mol. The van der Waals surface area contributed by atoms with E-state index in [0.717, 1.165) is 16.4 Å². The molecule has 2 fully saturated rings. The molecule has 2 nitrogen and oxygen atoms in total. The van der Waals surface area contributed by atoms with E-state index in [2.05, 4.69) is 46.0 Å². The quantitative estimate of drug-likeness (QED) is 0.853. The summed E-state index contributed by atoms with van der Waals surface area (Å²) in [5.41, 5.74) is 8.87. The van der Waals surface area contributed by atoms with Gasteiger partial charge in [-0.3, -0.25) is 0 Å². The molecule has 1 aliphatic heterocycles. The van der Waals surface area contributed by atoms with Crippen LogP contribution in [0.25, 0.3) is 0 Å². The number of benzene rings is 1. The standard InChI is InChI=1S/C17H25BrN2/c1-12(19)15-11-14(18)8-9-17(15)20-10-4-6-13-5-2-3-7-16(13)20/h8-9,11-13,16H,2-7,10,19H2,1H3. The molecule has 0 spiro atoms. The molecular weight excluding hydrogens is 312 g/mol. The summed E-state index contributed by atoms with van der Waals surface area (Å²) < 4.78 is 1.13. The summed E-state index contributed by atoms with van der Waals surface area (Å²) >= 11 is 3.58. The van der Waals surface area contributed by atoms with Gasteiger partial charge < -0.3 is 10.6 Å². The molecule has 1 saturated heterocycles. The Kier molecular flexibility index (Phi) is 4.37. The molecule has 1 heterocycles. The van der Waals surface area contributed by atoms with E-state index in [1.807, 2.05) is 0 Å². The van der Waals surface area contributed by atoms with Crippen molar-refractivity contribution in [2.75, 3.05) is 11.4 Å². The van der Waals surface area contributed by atoms with Gasteiger partial charge in [0.05, 0.1) is 0 Å². The molecule has 1 aromatic carbocycles. The van der Waals surface area contributed by atoms with Crippen LogP contribution in [0.5, 0.6) is 0 Å². The monoisotopic (exact) mass is 336 g/mol. The van der Waals surface area contributed by atoms with Crippen LogP contribution in [0.3, 0.4) is 0 Å². The highest BCUT2D eigenvalue weighted by Gasteiger charge is 2.34. The van der Waals surface area contributed by atoms with Crippen molar-refractivity contribution in [1.82, 2.24) is 0 Å². The summed E-state index contributed by atoms with van der Waals surface area (Å²) in [5, 5.41) is 0. The summed E-state index contributed by atoms with van der Waals surface area (Å²) in [4.78, 5) is 2.67. The van der Waals surface area contributed by atoms with Gasteiger partial charge in [-0.05, 0) is 62.3 Å². The Morgan fingerprint density at radius 1 is 1.20 bits per heavy atom. The Morgan fingerprint density at radius 2 is 1.95 bits per heavy atom. The SMILES string of the molecule is CC(N)c1cc(Br)ccc1N1CCCC2CCCCC21. The molecule has 0 radical (unpaired) electrons. The maximum Gasteiger partial charge on any atom is 0.0417 e. The molecule has 1 aromatic rings. The lowest BCUT2D eigenvalue weighted by Crippen LogP contribution is -2.47. The summed E-state index contributed by atoms with van der Waals surface area (Å²) in [7, 11) is 0. The fourth-order valence-corrected chi connectivity index (χ4v) is 4.45. The highest BCUT2D eigenvalue weighted by atomic mass is 79.9. The second-order valence-corrected chi connectivity index (χ2v) is 7.35. The van der Waals surface area contributed by atoms with Crippen LogP contribution >= 0.6 is 15.9 Å². The van der Waals surface area contributed by atoms with Crippen LogP contribution in [0, 0.1) is 5.92 Å². The number of rotatable bonds is 2. The molecule has 2 N–H and O–H groups in total. The second-order valence-electron chi connectivity index (χ2n) is 6.44. The third-order valence-electron chi connectivity index (χ3n) is 5.03. The van der Waals surface area contributed by atoms with Crippen LogP contribution in [-0.4, -0.2) is 12.6 Å². The third-order valence-corrected chi connectivity index (χ3v) is 5.53. The van der Waals surface area contributed by atoms with E-state index in [-0.39, 0.29) is 6.04 Å². The zero-order valence-electron chi connectivity index (χ0n) is 12.3. The zero-order chi connectivity index (χ0) is 14.1. The van der Waals surface area contributed by atoms with E-state index >= 15 is 0 Å². The Labute approximate surface area is 130 Å². The van der Waals surface area contributed by atoms with Crippen molar-refractivity contribution in [2.24, 2.45) is 11.7 Å². The fourth-order valence-electron chi connectivity index (χ4n) is 4.08. The molecule has 0 amide bonds. The first kappa shape index (κ1) is 14.4. The molecule has 2 aliphatic rings. The van der Waals surface area contributed by atoms with E-state index in [4.69, 9.17) is 5.73 Å². The lowest BCUT2D eigenvalue weighted by atomic mass is 9.78. The lowest BCUT2D eigenvalue weighted by Gasteiger charge is -2.46. The van der Waals surface area contributed by atoms with Crippen LogP contribution in [0.15, 0.2) is 22.7 Å². The second kappa shape index (κ2) is 6.07. The molecule has 3 heteroatoms. The number of piperidine rings is 1. The van der Waals surface area contributed by atoms with Crippen molar-refractivity contribution in [3.8, 4) is 0 Å². The van der Waals surface area contributed by atoms with E-state index in [1.54, 1.807) is 0 Å². The minimum absolute atomic E-state index is 0.0893. The van der Waals surface area contributed by atoms with Crippen LogP contribution < -0.4 is 10.6 Å². The van der Waals surface area contributed by atoms with Crippen LogP contribution in [0.4, 0.5) is 5.69 Å². The van der Waals surface area contributed by atoms with Crippen LogP contribution in [-0.2, 0) is 0 Å². The largest absolute Gasteiger partial charge is 0.368 e. The van der Waals surface area contributed by atoms with Gasteiger partial charge in [0, 0.05) is 28.8 Å². The first-order valence-corrected chi connectivity index (χ1v) is 8.78. The van der Waals surface area contributed by atoms with Gasteiger partial charge >= 0.3 is 0 Å². The van der Waals surface area contributed by atoms with Gasteiger partial charge in [0.2, 0.25) is 0 Å². The van der Waals surface area contributed by atoms with Gasteiger partial charge in [0.25, 0.3) is 0 Å². The maximum absolute atomic E-state index is 6.21. The molecular formula is C17H25BrN2. The average Bonchev–Trinajstić information content (AvgIpc) is 2.46. The third kappa shape index (κ3) is 2.75. The predicted molar refractivity (Wildman–Crippen MR) is 89.1 cm³/mol.